The number of hydrogen-bond acceptors (Lipinski definition) is 7. The second-order valence-electron chi connectivity index (χ2n) is 8.14. The zero-order valence-electron chi connectivity index (χ0n) is 16.9. The normalized spacial score (nSPS) is 18.5. The van der Waals surface area contributed by atoms with Crippen LogP contribution < -0.4 is 0 Å². The molecule has 0 saturated carbocycles. The molecule has 158 valence electrons. The molecular weight excluding hydrogens is 396 g/mol. The minimum atomic E-state index is -0.116. The van der Waals surface area contributed by atoms with Gasteiger partial charge < -0.3 is 14.3 Å². The molecule has 0 bridgehead atoms. The van der Waals surface area contributed by atoms with Crippen molar-refractivity contribution >= 4 is 16.9 Å². The van der Waals surface area contributed by atoms with Crippen molar-refractivity contribution < 1.29 is 9.21 Å². The third-order valence-electron chi connectivity index (χ3n) is 6.38. The Morgan fingerprint density at radius 2 is 2.00 bits per heavy atom. The van der Waals surface area contributed by atoms with E-state index in [1.807, 2.05) is 28.0 Å². The van der Waals surface area contributed by atoms with E-state index in [1.54, 1.807) is 6.33 Å². The minimum Gasteiger partial charge on any atom is -0.441 e. The topological polar surface area (TPSA) is 109 Å². The Bertz CT molecular complexity index is 1200. The van der Waals surface area contributed by atoms with Gasteiger partial charge in [0.25, 0.3) is 5.89 Å². The van der Waals surface area contributed by atoms with Crippen LogP contribution in [0.25, 0.3) is 22.3 Å². The van der Waals surface area contributed by atoms with Crippen molar-refractivity contribution in [3.63, 3.8) is 0 Å². The lowest BCUT2D eigenvalue weighted by molar-refractivity contribution is 0.0187. The zero-order chi connectivity index (χ0) is 20.8. The Labute approximate surface area is 177 Å². The predicted molar refractivity (Wildman–Crippen MR) is 111 cm³/mol. The Kier molecular flexibility index (Phi) is 4.30. The van der Waals surface area contributed by atoms with Gasteiger partial charge in [-0.15, -0.1) is 0 Å². The lowest BCUT2D eigenvalue weighted by Crippen LogP contribution is -2.56. The molecule has 0 aliphatic carbocycles. The smallest absolute Gasteiger partial charge is 0.309 e. The maximum absolute atomic E-state index is 12.4. The van der Waals surface area contributed by atoms with Crippen molar-refractivity contribution in [2.75, 3.05) is 26.2 Å². The van der Waals surface area contributed by atoms with Crippen molar-refractivity contribution in [2.24, 2.45) is 0 Å². The molecule has 6 heterocycles. The molecule has 2 saturated heterocycles. The number of piperidine rings is 1. The number of carbonyl (C=O) groups excluding carboxylic acids is 1. The number of amides is 1. The van der Waals surface area contributed by atoms with Gasteiger partial charge in [-0.2, -0.15) is 5.10 Å². The summed E-state index contributed by atoms with van der Waals surface area (Å²) in [5.41, 5.74) is 2.74. The molecule has 2 aliphatic heterocycles. The molecule has 2 fully saturated rings. The molecule has 10 nitrogen and oxygen atoms in total. The summed E-state index contributed by atoms with van der Waals surface area (Å²) in [5.74, 6) is 0.0628. The summed E-state index contributed by atoms with van der Waals surface area (Å²) in [4.78, 5) is 32.5. The number of aromatic nitrogens is 6. The second-order valence-corrected chi connectivity index (χ2v) is 8.14. The molecule has 0 unspecified atom stereocenters. The summed E-state index contributed by atoms with van der Waals surface area (Å²) in [6, 6.07) is 2.86. The fourth-order valence-electron chi connectivity index (χ4n) is 4.61. The summed E-state index contributed by atoms with van der Waals surface area (Å²) in [6.07, 6.45) is 12.3. The first-order valence-corrected chi connectivity index (χ1v) is 10.5. The largest absolute Gasteiger partial charge is 0.441 e. The van der Waals surface area contributed by atoms with Gasteiger partial charge in [-0.05, 0) is 18.9 Å². The molecule has 0 atom stereocenters. The number of hydrogen-bond donors (Lipinski definition) is 1. The van der Waals surface area contributed by atoms with E-state index in [0.717, 1.165) is 61.3 Å². The molecule has 4 aromatic rings. The molecule has 0 aromatic carbocycles. The highest BCUT2D eigenvalue weighted by Crippen LogP contribution is 2.30. The Morgan fingerprint density at radius 3 is 2.81 bits per heavy atom. The number of aromatic amines is 1. The average Bonchev–Trinajstić information content (AvgIpc) is 3.54. The second kappa shape index (κ2) is 7.31. The van der Waals surface area contributed by atoms with E-state index < -0.39 is 0 Å². The Morgan fingerprint density at radius 1 is 1.13 bits per heavy atom. The summed E-state index contributed by atoms with van der Waals surface area (Å²) < 4.78 is 7.19. The van der Waals surface area contributed by atoms with Crippen LogP contribution in [0.2, 0.25) is 0 Å². The molecular formula is C21H22N8O2. The highest BCUT2D eigenvalue weighted by Gasteiger charge is 2.36. The van der Waals surface area contributed by atoms with E-state index in [-0.39, 0.29) is 11.8 Å². The summed E-state index contributed by atoms with van der Waals surface area (Å²) >= 11 is 0. The van der Waals surface area contributed by atoms with Crippen molar-refractivity contribution in [1.82, 2.24) is 39.5 Å². The van der Waals surface area contributed by atoms with Gasteiger partial charge in [-0.25, -0.2) is 15.0 Å². The third-order valence-corrected chi connectivity index (χ3v) is 6.38. The number of oxazole rings is 1. The van der Waals surface area contributed by atoms with Gasteiger partial charge in [0.1, 0.15) is 18.2 Å². The van der Waals surface area contributed by atoms with Gasteiger partial charge >= 0.3 is 5.91 Å². The van der Waals surface area contributed by atoms with E-state index in [9.17, 15) is 4.79 Å². The predicted octanol–water partition coefficient (Wildman–Crippen LogP) is 1.97. The molecule has 1 amide bonds. The zero-order valence-corrected chi connectivity index (χ0v) is 16.9. The molecule has 4 aromatic heterocycles. The summed E-state index contributed by atoms with van der Waals surface area (Å²) in [7, 11) is 0. The highest BCUT2D eigenvalue weighted by atomic mass is 16.4. The van der Waals surface area contributed by atoms with Crippen LogP contribution >= 0.6 is 0 Å². The number of fused-ring (bicyclic) bond motifs is 1. The van der Waals surface area contributed by atoms with Gasteiger partial charge in [-0.3, -0.25) is 14.4 Å². The van der Waals surface area contributed by atoms with Gasteiger partial charge in [0.05, 0.1) is 24.1 Å². The van der Waals surface area contributed by atoms with E-state index in [1.165, 1.54) is 12.5 Å². The maximum Gasteiger partial charge on any atom is 0.309 e. The van der Waals surface area contributed by atoms with E-state index in [2.05, 4.69) is 36.1 Å². The van der Waals surface area contributed by atoms with Crippen molar-refractivity contribution in [2.45, 2.75) is 24.9 Å². The van der Waals surface area contributed by atoms with Gasteiger partial charge in [0.15, 0.2) is 0 Å². The molecule has 2 aliphatic rings. The first-order valence-electron chi connectivity index (χ1n) is 10.5. The third kappa shape index (κ3) is 3.19. The quantitative estimate of drug-likeness (QED) is 0.540. The lowest BCUT2D eigenvalue weighted by Gasteiger charge is -2.46. The molecule has 6 rings (SSSR count). The van der Waals surface area contributed by atoms with E-state index >= 15 is 0 Å². The summed E-state index contributed by atoms with van der Waals surface area (Å²) in [5, 5.41) is 5.60. The first kappa shape index (κ1) is 18.3. The monoisotopic (exact) mass is 418 g/mol. The minimum absolute atomic E-state index is 0.116. The van der Waals surface area contributed by atoms with Crippen molar-refractivity contribution in [1.29, 1.82) is 0 Å². The fourth-order valence-corrected chi connectivity index (χ4v) is 4.61. The standard InChI is InChI=1S/C21H22N8O2/c30-21(20-23-5-8-31-20)27-6-2-15(3-7-27)28-11-16(12-28)29-10-14(9-26-29)18-17-1-4-22-19(17)25-13-24-18/h1,4-5,8-10,13,15-16H,2-3,6-7,11-12H2,(H,22,24,25). The van der Waals surface area contributed by atoms with Crippen LogP contribution in [0.3, 0.4) is 0 Å². The van der Waals surface area contributed by atoms with Crippen LogP contribution in [0.15, 0.2) is 47.9 Å². The fraction of sp³-hybridized carbons (Fsp3) is 0.381. The molecule has 10 heteroatoms. The maximum atomic E-state index is 12.4. The Hall–Kier alpha value is -3.53. The SMILES string of the molecule is O=C(c1ncco1)N1CCC(N2CC(n3cc(-c4ncnc5[nH]ccc45)cn3)C2)CC1. The van der Waals surface area contributed by atoms with Crippen LogP contribution in [0, 0.1) is 0 Å². The Balaban J connectivity index is 1.06. The number of nitrogens with one attached hydrogen (secondary N) is 1. The van der Waals surface area contributed by atoms with Gasteiger partial charge in [0.2, 0.25) is 0 Å². The number of rotatable bonds is 4. The van der Waals surface area contributed by atoms with Crippen LogP contribution in [0.5, 0.6) is 0 Å². The molecule has 0 radical (unpaired) electrons. The van der Waals surface area contributed by atoms with Gasteiger partial charge in [0, 0.05) is 55.6 Å². The number of nitrogens with zero attached hydrogens (tertiary/aromatic N) is 7. The molecule has 31 heavy (non-hydrogen) atoms. The van der Waals surface area contributed by atoms with Crippen LogP contribution in [0.4, 0.5) is 0 Å². The highest BCUT2D eigenvalue weighted by molar-refractivity contribution is 5.90. The lowest BCUT2D eigenvalue weighted by atomic mass is 9.97. The number of carbonyl (C=O) groups is 1. The number of H-pyrrole nitrogens is 1. The first-order chi connectivity index (χ1) is 15.3. The van der Waals surface area contributed by atoms with Crippen molar-refractivity contribution in [3.8, 4) is 11.3 Å². The average molecular weight is 418 g/mol. The summed E-state index contributed by atoms with van der Waals surface area (Å²) in [6.45, 7) is 3.42. The van der Waals surface area contributed by atoms with Crippen LogP contribution in [-0.2, 0) is 0 Å². The molecule has 0 spiro atoms. The van der Waals surface area contributed by atoms with E-state index in [0.29, 0.717) is 12.1 Å². The van der Waals surface area contributed by atoms with Crippen molar-refractivity contribution in [3.05, 3.63) is 49.3 Å². The van der Waals surface area contributed by atoms with Crippen LogP contribution in [0.1, 0.15) is 29.6 Å². The number of likely N-dealkylation sites (tertiary alicyclic amines) is 2. The van der Waals surface area contributed by atoms with Crippen LogP contribution in [-0.4, -0.2) is 77.6 Å². The van der Waals surface area contributed by atoms with Gasteiger partial charge in [-0.1, -0.05) is 0 Å². The molecule has 1 N–H and O–H groups in total. The van der Waals surface area contributed by atoms with E-state index in [4.69, 9.17) is 4.42 Å².